The summed E-state index contributed by atoms with van der Waals surface area (Å²) in [7, 11) is 0. The smallest absolute Gasteiger partial charge is 0.225 e. The third-order valence-electron chi connectivity index (χ3n) is 17.6. The molecule has 3 N–H and O–H groups in total. The molecule has 0 radical (unpaired) electrons. The molecular formula is C57H73ClN6O7S. The van der Waals surface area contributed by atoms with Crippen LogP contribution in [-0.2, 0) is 28.6 Å². The molecule has 9 rings (SSSR count). The van der Waals surface area contributed by atoms with Gasteiger partial charge in [0.1, 0.15) is 16.9 Å². The van der Waals surface area contributed by atoms with Crippen molar-refractivity contribution in [2.45, 2.75) is 126 Å². The average molecular weight is 1020 g/mol. The first kappa shape index (κ1) is 52.1. The van der Waals surface area contributed by atoms with Crippen LogP contribution in [0.15, 0.2) is 75.5 Å². The number of nitrogens with one attached hydrogen (secondary N) is 2. The number of carbonyl (C=O) groups excluding carboxylic acids is 3. The predicted molar refractivity (Wildman–Crippen MR) is 282 cm³/mol. The number of hydrogen-bond acceptors (Lipinski definition) is 11. The minimum absolute atomic E-state index is 0.0256. The molecule has 386 valence electrons. The molecule has 7 atom stereocenters. The lowest BCUT2D eigenvalue weighted by Crippen LogP contribution is -2.57. The monoisotopic (exact) mass is 1020 g/mol. The van der Waals surface area contributed by atoms with E-state index in [-0.39, 0.29) is 46.0 Å². The van der Waals surface area contributed by atoms with Gasteiger partial charge in [-0.05, 0) is 143 Å². The third kappa shape index (κ3) is 9.75. The highest BCUT2D eigenvalue weighted by molar-refractivity contribution is 7.15. The van der Waals surface area contributed by atoms with Gasteiger partial charge in [0.25, 0.3) is 0 Å². The average Bonchev–Trinajstić information content (AvgIpc) is 3.83. The highest BCUT2D eigenvalue weighted by Crippen LogP contribution is 2.70. The van der Waals surface area contributed by atoms with Gasteiger partial charge in [-0.2, -0.15) is 0 Å². The van der Waals surface area contributed by atoms with Gasteiger partial charge >= 0.3 is 0 Å². The van der Waals surface area contributed by atoms with Gasteiger partial charge in [0.2, 0.25) is 17.6 Å². The Hall–Kier alpha value is -4.73. The van der Waals surface area contributed by atoms with Gasteiger partial charge in [-0.25, -0.2) is 0 Å². The minimum atomic E-state index is -0.526. The molecule has 1 aromatic carbocycles. The Balaban J connectivity index is 0.653. The first-order valence-corrected chi connectivity index (χ1v) is 27.3. The molecule has 6 aliphatic rings. The number of halogens is 1. The van der Waals surface area contributed by atoms with Crippen molar-refractivity contribution in [1.29, 1.82) is 0 Å². The molecule has 0 saturated heterocycles. The first-order chi connectivity index (χ1) is 34.4. The van der Waals surface area contributed by atoms with Crippen LogP contribution in [0, 0.1) is 54.3 Å². The topological polar surface area (TPSA) is 166 Å². The molecule has 3 aromatic rings. The second kappa shape index (κ2) is 20.9. The van der Waals surface area contributed by atoms with E-state index in [4.69, 9.17) is 30.8 Å². The van der Waals surface area contributed by atoms with Gasteiger partial charge in [0.15, 0.2) is 11.6 Å². The Morgan fingerprint density at radius 1 is 0.847 bits per heavy atom. The summed E-state index contributed by atoms with van der Waals surface area (Å²) in [6.45, 7) is 21.3. The number of aryl methyl sites for hydroxylation is 2. The summed E-state index contributed by atoms with van der Waals surface area (Å²) >= 11 is 7.93. The Kier molecular flexibility index (Phi) is 15.1. The molecule has 3 saturated carbocycles. The van der Waals surface area contributed by atoms with Gasteiger partial charge in [0.05, 0.1) is 38.6 Å². The maximum atomic E-state index is 13.9. The van der Waals surface area contributed by atoms with Crippen molar-refractivity contribution >= 4 is 46.2 Å². The lowest BCUT2D eigenvalue weighted by molar-refractivity contribution is -0.144. The van der Waals surface area contributed by atoms with E-state index in [2.05, 4.69) is 74.5 Å². The molecule has 3 heterocycles. The largest absolute Gasteiger partial charge is 0.504 e. The normalized spacial score (nSPS) is 28.5. The number of thiophene rings is 1. The number of aliphatic hydroxyl groups is 1. The molecule has 13 nitrogen and oxygen atoms in total. The van der Waals surface area contributed by atoms with E-state index in [1.807, 2.05) is 42.7 Å². The number of carbonyl (C=O) groups is 3. The van der Waals surface area contributed by atoms with Gasteiger partial charge < -0.3 is 30.0 Å². The number of ketones is 1. The van der Waals surface area contributed by atoms with Crippen molar-refractivity contribution in [1.82, 2.24) is 25.4 Å². The Morgan fingerprint density at radius 2 is 1.51 bits per heavy atom. The fourth-order valence-corrected chi connectivity index (χ4v) is 14.5. The quantitative estimate of drug-likeness (QED) is 0.105. The zero-order valence-corrected chi connectivity index (χ0v) is 45.0. The Morgan fingerprint density at radius 3 is 2.22 bits per heavy atom. The number of rotatable bonds is 18. The van der Waals surface area contributed by atoms with Crippen molar-refractivity contribution in [3.05, 3.63) is 109 Å². The summed E-state index contributed by atoms with van der Waals surface area (Å²) in [4.78, 5) is 46.5. The number of fused-ring (bicyclic) bond motifs is 10. The molecule has 15 heteroatoms. The molecule has 2 aromatic heterocycles. The number of aromatic nitrogens is 3. The molecule has 3 fully saturated rings. The SMILES string of the molecule is CC1=C(O)C(=O)C=C2C1=CC=C1C2(C)CCC2C3CC(C)(C(=O)NCCCOCCOCCOCCCNC(=O)CC4N=C(c5ccc(Cl)cc5)c5c(sc(C)c5C)-n5c(C)nnc54)CCC3(C)CCC12C. The highest BCUT2D eigenvalue weighted by Gasteiger charge is 2.62. The Bertz CT molecular complexity index is 2770. The molecule has 5 aliphatic carbocycles. The van der Waals surface area contributed by atoms with Gasteiger partial charge in [-0.15, -0.1) is 21.5 Å². The van der Waals surface area contributed by atoms with Gasteiger partial charge in [-0.3, -0.25) is 23.9 Å². The minimum Gasteiger partial charge on any atom is -0.504 e. The summed E-state index contributed by atoms with van der Waals surface area (Å²) < 4.78 is 19.4. The molecule has 2 amide bonds. The fourth-order valence-electron chi connectivity index (χ4n) is 13.2. The number of aliphatic hydroxyl groups excluding tert-OH is 1. The van der Waals surface area contributed by atoms with Crippen LogP contribution in [0.3, 0.4) is 0 Å². The second-order valence-corrected chi connectivity index (χ2v) is 23.9. The fraction of sp³-hybridized carbons (Fsp3) is 0.579. The van der Waals surface area contributed by atoms with Crippen LogP contribution in [-0.4, -0.2) is 95.9 Å². The van der Waals surface area contributed by atoms with E-state index in [0.29, 0.717) is 87.4 Å². The van der Waals surface area contributed by atoms with Crippen molar-refractivity contribution in [3.63, 3.8) is 0 Å². The zero-order chi connectivity index (χ0) is 51.2. The van der Waals surface area contributed by atoms with Gasteiger partial charge in [0, 0.05) is 63.7 Å². The number of nitrogens with zero attached hydrogens (tertiary/aromatic N) is 4. The predicted octanol–water partition coefficient (Wildman–Crippen LogP) is 10.5. The molecule has 0 bridgehead atoms. The standard InChI is InChI=1S/C57H73ClN6O7S/c1-34-36(3)72-52-48(34)49(38-11-13-39(58)14-12-38)61-44(51-63-62-37(4)64(51)52)32-47(66)59-23-9-25-69-27-29-71-30-28-70-26-10-24-60-53(68)55(6)20-19-54(5)21-22-57(8)41(43(54)33-55)17-18-56(7)42-31-45(65)50(67)35(2)40(42)15-16-46(56)57/h11-16,31,41,43-44,67H,9-10,17-30,32-33H2,1-8H3,(H,59,66)(H,60,68). The Labute approximate surface area is 434 Å². The summed E-state index contributed by atoms with van der Waals surface area (Å²) in [5.74, 6) is 1.89. The molecule has 1 aliphatic heterocycles. The summed E-state index contributed by atoms with van der Waals surface area (Å²) in [6.07, 6.45) is 14.7. The van der Waals surface area contributed by atoms with Crippen molar-refractivity contribution in [3.8, 4) is 5.00 Å². The number of hydrogen-bond donors (Lipinski definition) is 3. The molecular weight excluding hydrogens is 948 g/mol. The number of benzene rings is 1. The van der Waals surface area contributed by atoms with E-state index in [0.717, 1.165) is 95.7 Å². The third-order valence-corrected chi connectivity index (χ3v) is 19.1. The zero-order valence-electron chi connectivity index (χ0n) is 43.5. The number of ether oxygens (including phenoxy) is 3. The summed E-state index contributed by atoms with van der Waals surface area (Å²) in [5.41, 5.74) is 7.58. The molecule has 0 spiro atoms. The summed E-state index contributed by atoms with van der Waals surface area (Å²) in [6, 6.07) is 7.13. The lowest BCUT2D eigenvalue weighted by Gasteiger charge is -2.65. The number of aliphatic imine (C=N–C) groups is 1. The van der Waals surface area contributed by atoms with Crippen LogP contribution in [0.25, 0.3) is 5.00 Å². The molecule has 72 heavy (non-hydrogen) atoms. The van der Waals surface area contributed by atoms with Crippen LogP contribution in [0.4, 0.5) is 0 Å². The van der Waals surface area contributed by atoms with E-state index in [1.165, 1.54) is 10.5 Å². The summed E-state index contributed by atoms with van der Waals surface area (Å²) in [5, 5.41) is 27.3. The maximum absolute atomic E-state index is 13.9. The van der Waals surface area contributed by atoms with Crippen LogP contribution in [0.1, 0.15) is 138 Å². The van der Waals surface area contributed by atoms with Crippen LogP contribution in [0.5, 0.6) is 0 Å². The molecule has 7 unspecified atom stereocenters. The number of allylic oxidation sites excluding steroid dienone is 7. The second-order valence-electron chi connectivity index (χ2n) is 22.2. The van der Waals surface area contributed by atoms with E-state index in [1.54, 1.807) is 17.4 Å². The van der Waals surface area contributed by atoms with Crippen LogP contribution < -0.4 is 10.6 Å². The van der Waals surface area contributed by atoms with Crippen molar-refractivity contribution in [2.75, 3.05) is 52.7 Å². The lowest BCUT2D eigenvalue weighted by atomic mass is 9.39. The van der Waals surface area contributed by atoms with Crippen LogP contribution in [0.2, 0.25) is 5.02 Å². The van der Waals surface area contributed by atoms with E-state index >= 15 is 0 Å². The number of amides is 2. The van der Waals surface area contributed by atoms with Crippen molar-refractivity contribution in [2.24, 2.45) is 38.5 Å². The maximum Gasteiger partial charge on any atom is 0.225 e. The first-order valence-electron chi connectivity index (χ1n) is 26.1. The van der Waals surface area contributed by atoms with Crippen molar-refractivity contribution < 1.29 is 33.7 Å². The highest BCUT2D eigenvalue weighted by atomic mass is 35.5. The van der Waals surface area contributed by atoms with Gasteiger partial charge in [-0.1, -0.05) is 69.2 Å². The van der Waals surface area contributed by atoms with E-state index in [9.17, 15) is 19.5 Å². The van der Waals surface area contributed by atoms with Crippen LogP contribution >= 0.6 is 22.9 Å². The van der Waals surface area contributed by atoms with E-state index < -0.39 is 11.5 Å².